The number of halogens is 2. The van der Waals surface area contributed by atoms with E-state index in [0.717, 1.165) is 0 Å². The number of hydrogen-bond donors (Lipinski definition) is 1. The Labute approximate surface area is 113 Å². The molecule has 0 aliphatic heterocycles. The molecule has 1 amide bonds. The van der Waals surface area contributed by atoms with Crippen LogP contribution in [-0.4, -0.2) is 23.0 Å². The van der Waals surface area contributed by atoms with Crippen LogP contribution in [-0.2, 0) is 0 Å². The number of benzene rings is 1. The van der Waals surface area contributed by atoms with Crippen LogP contribution in [0.15, 0.2) is 30.6 Å². The Kier molecular flexibility index (Phi) is 3.91. The smallest absolute Gasteiger partial charge is 0.263 e. The van der Waals surface area contributed by atoms with Gasteiger partial charge in [0.2, 0.25) is 0 Å². The quantitative estimate of drug-likeness (QED) is 0.939. The summed E-state index contributed by atoms with van der Waals surface area (Å²) in [6, 6.07) is 4.10. The Hall–Kier alpha value is -2.21. The third kappa shape index (κ3) is 2.97. The van der Waals surface area contributed by atoms with Crippen LogP contribution in [0.5, 0.6) is 5.75 Å². The van der Waals surface area contributed by atoms with E-state index in [-0.39, 0.29) is 22.3 Å². The Bertz CT molecular complexity index is 622. The van der Waals surface area contributed by atoms with Crippen molar-refractivity contribution in [3.05, 3.63) is 47.1 Å². The number of anilines is 1. The first-order valence-corrected chi connectivity index (χ1v) is 5.61. The average Bonchev–Trinajstić information content (AvgIpc) is 2.38. The van der Waals surface area contributed by atoms with Crippen molar-refractivity contribution in [1.29, 1.82) is 0 Å². The molecule has 1 N–H and O–H groups in total. The van der Waals surface area contributed by atoms with Gasteiger partial charge in [0.05, 0.1) is 19.5 Å². The maximum atomic E-state index is 13.7. The van der Waals surface area contributed by atoms with Gasteiger partial charge in [0.15, 0.2) is 5.82 Å². The summed E-state index contributed by atoms with van der Waals surface area (Å²) in [5.41, 5.74) is -0.202. The largest absolute Gasteiger partial charge is 0.496 e. The predicted molar refractivity (Wildman–Crippen MR) is 67.9 cm³/mol. The number of methoxy groups -OCH3 is 1. The lowest BCUT2D eigenvalue weighted by Crippen LogP contribution is -2.16. The Balaban J connectivity index is 2.30. The highest BCUT2D eigenvalue weighted by atomic mass is 35.5. The van der Waals surface area contributed by atoms with E-state index in [1.807, 2.05) is 0 Å². The molecule has 0 unspecified atom stereocenters. The molecule has 0 saturated carbocycles. The van der Waals surface area contributed by atoms with E-state index in [1.165, 1.54) is 37.7 Å². The molecule has 0 fully saturated rings. The van der Waals surface area contributed by atoms with Crippen LogP contribution in [0.1, 0.15) is 10.4 Å². The van der Waals surface area contributed by atoms with Crippen molar-refractivity contribution in [3.8, 4) is 5.75 Å². The number of aromatic nitrogens is 2. The highest BCUT2D eigenvalue weighted by Crippen LogP contribution is 2.22. The summed E-state index contributed by atoms with van der Waals surface area (Å²) in [4.78, 5) is 19.6. The summed E-state index contributed by atoms with van der Waals surface area (Å²) in [6.45, 7) is 0. The van der Waals surface area contributed by atoms with Gasteiger partial charge in [-0.3, -0.25) is 9.78 Å². The van der Waals surface area contributed by atoms with Gasteiger partial charge in [0.25, 0.3) is 5.91 Å². The van der Waals surface area contributed by atoms with Gasteiger partial charge in [0.1, 0.15) is 22.3 Å². The van der Waals surface area contributed by atoms with Crippen molar-refractivity contribution in [2.75, 3.05) is 12.4 Å². The number of carbonyl (C=O) groups excluding carboxylic acids is 1. The second-order valence-corrected chi connectivity index (χ2v) is 3.89. The van der Waals surface area contributed by atoms with E-state index in [4.69, 9.17) is 16.3 Å². The van der Waals surface area contributed by atoms with E-state index in [9.17, 15) is 9.18 Å². The normalized spacial score (nSPS) is 10.1. The maximum absolute atomic E-state index is 13.7. The molecule has 98 valence electrons. The van der Waals surface area contributed by atoms with E-state index in [1.54, 1.807) is 0 Å². The van der Waals surface area contributed by atoms with Crippen LogP contribution in [0.3, 0.4) is 0 Å². The van der Waals surface area contributed by atoms with Gasteiger partial charge in [-0.25, -0.2) is 9.37 Å². The number of ether oxygens (including phenoxy) is 1. The first-order chi connectivity index (χ1) is 9.11. The monoisotopic (exact) mass is 281 g/mol. The van der Waals surface area contributed by atoms with Crippen molar-refractivity contribution in [1.82, 2.24) is 9.97 Å². The van der Waals surface area contributed by atoms with E-state index >= 15 is 0 Å². The zero-order chi connectivity index (χ0) is 13.8. The minimum atomic E-state index is -0.688. The predicted octanol–water partition coefficient (Wildman–Crippen LogP) is 2.53. The molecule has 2 rings (SSSR count). The average molecular weight is 282 g/mol. The molecule has 0 radical (unpaired) electrons. The topological polar surface area (TPSA) is 64.1 Å². The fourth-order valence-electron chi connectivity index (χ4n) is 1.48. The highest BCUT2D eigenvalue weighted by molar-refractivity contribution is 6.29. The van der Waals surface area contributed by atoms with Gasteiger partial charge < -0.3 is 10.1 Å². The zero-order valence-corrected chi connectivity index (χ0v) is 10.6. The van der Waals surface area contributed by atoms with Crippen molar-refractivity contribution in [3.63, 3.8) is 0 Å². The summed E-state index contributed by atoms with van der Waals surface area (Å²) < 4.78 is 18.6. The fraction of sp³-hybridized carbons (Fsp3) is 0.0833. The minimum Gasteiger partial charge on any atom is -0.496 e. The molecule has 0 aliphatic rings. The fourth-order valence-corrected chi connectivity index (χ4v) is 1.62. The third-order valence-electron chi connectivity index (χ3n) is 2.27. The molecule has 1 aromatic heterocycles. The molecule has 0 saturated heterocycles. The summed E-state index contributed by atoms with van der Waals surface area (Å²) >= 11 is 5.64. The van der Waals surface area contributed by atoms with Crippen molar-refractivity contribution >= 4 is 23.3 Å². The zero-order valence-electron chi connectivity index (χ0n) is 9.85. The van der Waals surface area contributed by atoms with Gasteiger partial charge in [-0.15, -0.1) is 0 Å². The van der Waals surface area contributed by atoms with Gasteiger partial charge >= 0.3 is 0 Å². The van der Waals surface area contributed by atoms with E-state index < -0.39 is 11.7 Å². The van der Waals surface area contributed by atoms with E-state index in [0.29, 0.717) is 0 Å². The molecular formula is C12H9ClFN3O2. The van der Waals surface area contributed by atoms with Gasteiger partial charge in [-0.2, -0.15) is 0 Å². The van der Waals surface area contributed by atoms with Crippen molar-refractivity contribution in [2.45, 2.75) is 0 Å². The summed E-state index contributed by atoms with van der Waals surface area (Å²) in [6.07, 6.45) is 2.62. The molecule has 19 heavy (non-hydrogen) atoms. The number of rotatable bonds is 3. The number of nitrogens with one attached hydrogen (secondary N) is 1. The van der Waals surface area contributed by atoms with Crippen LogP contribution in [0.2, 0.25) is 5.15 Å². The lowest BCUT2D eigenvalue weighted by molar-refractivity contribution is 0.101. The van der Waals surface area contributed by atoms with Gasteiger partial charge in [-0.1, -0.05) is 17.7 Å². The molecule has 7 heteroatoms. The molecular weight excluding hydrogens is 273 g/mol. The molecule has 1 heterocycles. The van der Waals surface area contributed by atoms with E-state index in [2.05, 4.69) is 15.3 Å². The molecule has 0 spiro atoms. The second kappa shape index (κ2) is 5.62. The van der Waals surface area contributed by atoms with Crippen LogP contribution < -0.4 is 10.1 Å². The van der Waals surface area contributed by atoms with Crippen molar-refractivity contribution < 1.29 is 13.9 Å². The summed E-state index contributed by atoms with van der Waals surface area (Å²) in [5.74, 6) is -1.12. The molecule has 0 bridgehead atoms. The van der Waals surface area contributed by atoms with Crippen molar-refractivity contribution in [2.24, 2.45) is 0 Å². The SMILES string of the molecule is COc1cccc(F)c1C(=O)Nc1cncc(Cl)n1. The number of hydrogen-bond acceptors (Lipinski definition) is 4. The standard InChI is InChI=1S/C12H9ClFN3O2/c1-19-8-4-2-3-7(14)11(8)12(18)17-10-6-15-5-9(13)16-10/h2-6H,1H3,(H,16,17,18). The van der Waals surface area contributed by atoms with Crippen LogP contribution in [0, 0.1) is 5.82 Å². The first kappa shape index (κ1) is 13.2. The molecule has 5 nitrogen and oxygen atoms in total. The van der Waals surface area contributed by atoms with Crippen LogP contribution >= 0.6 is 11.6 Å². The summed E-state index contributed by atoms with van der Waals surface area (Å²) in [5, 5.41) is 2.52. The Morgan fingerprint density at radius 1 is 1.42 bits per heavy atom. The lowest BCUT2D eigenvalue weighted by atomic mass is 10.1. The Morgan fingerprint density at radius 2 is 2.21 bits per heavy atom. The molecule has 0 atom stereocenters. The minimum absolute atomic E-state index is 0.123. The first-order valence-electron chi connectivity index (χ1n) is 5.23. The third-order valence-corrected chi connectivity index (χ3v) is 2.45. The maximum Gasteiger partial charge on any atom is 0.263 e. The number of carbonyl (C=O) groups is 1. The van der Waals surface area contributed by atoms with Crippen LogP contribution in [0.25, 0.3) is 0 Å². The Morgan fingerprint density at radius 3 is 2.89 bits per heavy atom. The van der Waals surface area contributed by atoms with Gasteiger partial charge in [-0.05, 0) is 12.1 Å². The second-order valence-electron chi connectivity index (χ2n) is 3.50. The highest BCUT2D eigenvalue weighted by Gasteiger charge is 2.18. The van der Waals surface area contributed by atoms with Crippen LogP contribution in [0.4, 0.5) is 10.2 Å². The summed E-state index contributed by atoms with van der Waals surface area (Å²) in [7, 11) is 1.35. The number of amides is 1. The number of nitrogens with zero attached hydrogens (tertiary/aromatic N) is 2. The molecule has 2 aromatic rings. The molecule has 1 aromatic carbocycles. The van der Waals surface area contributed by atoms with Gasteiger partial charge in [0, 0.05) is 0 Å². The lowest BCUT2D eigenvalue weighted by Gasteiger charge is -2.09. The molecule has 0 aliphatic carbocycles.